The maximum atomic E-state index is 12.3. The van der Waals surface area contributed by atoms with Crippen LogP contribution in [0.4, 0.5) is 0 Å². The van der Waals surface area contributed by atoms with E-state index in [9.17, 15) is 4.79 Å². The fourth-order valence-corrected chi connectivity index (χ4v) is 4.06. The molecule has 0 radical (unpaired) electrons. The van der Waals surface area contributed by atoms with E-state index in [4.69, 9.17) is 11.6 Å². The van der Waals surface area contributed by atoms with Gasteiger partial charge in [-0.1, -0.05) is 59.6 Å². The molecule has 0 saturated carbocycles. The molecule has 0 aliphatic heterocycles. The minimum Gasteiger partial charge on any atom is -0.351 e. The lowest BCUT2D eigenvalue weighted by molar-refractivity contribution is -0.676. The van der Waals surface area contributed by atoms with E-state index in [2.05, 4.69) is 59.3 Å². The van der Waals surface area contributed by atoms with Gasteiger partial charge in [-0.2, -0.15) is 0 Å². The first kappa shape index (κ1) is 19.6. The number of rotatable bonds is 8. The molecule has 3 aromatic rings. The number of quaternary nitrogens is 1. The van der Waals surface area contributed by atoms with Crippen molar-refractivity contribution in [3.05, 3.63) is 92.6 Å². The Morgan fingerprint density at radius 2 is 1.96 bits per heavy atom. The van der Waals surface area contributed by atoms with Gasteiger partial charge in [-0.25, -0.2) is 0 Å². The Morgan fingerprint density at radius 1 is 1.15 bits per heavy atom. The van der Waals surface area contributed by atoms with Crippen LogP contribution in [0.1, 0.15) is 27.6 Å². The molecule has 140 valence electrons. The molecule has 0 unspecified atom stereocenters. The van der Waals surface area contributed by atoms with Gasteiger partial charge in [0.05, 0.1) is 4.88 Å². The summed E-state index contributed by atoms with van der Waals surface area (Å²) < 4.78 is 0. The maximum absolute atomic E-state index is 12.3. The summed E-state index contributed by atoms with van der Waals surface area (Å²) in [6, 6.07) is 20.6. The molecule has 0 aliphatic rings. The average molecular weight is 400 g/mol. The highest BCUT2D eigenvalue weighted by atomic mass is 35.5. The number of hydrogen-bond acceptors (Lipinski definition) is 2. The third-order valence-electron chi connectivity index (χ3n) is 4.45. The van der Waals surface area contributed by atoms with Gasteiger partial charge in [0.2, 0.25) is 0 Å². The minimum atomic E-state index is 0.0469. The van der Waals surface area contributed by atoms with Crippen LogP contribution in [0.3, 0.4) is 0 Å². The van der Waals surface area contributed by atoms with Crippen LogP contribution in [-0.4, -0.2) is 19.0 Å². The van der Waals surface area contributed by atoms with E-state index >= 15 is 0 Å². The van der Waals surface area contributed by atoms with Gasteiger partial charge in [0.15, 0.2) is 6.54 Å². The van der Waals surface area contributed by atoms with E-state index in [1.54, 1.807) is 11.3 Å². The fraction of sp³-hybridized carbons (Fsp3) is 0.227. The van der Waals surface area contributed by atoms with Crippen LogP contribution in [0.2, 0.25) is 5.02 Å². The van der Waals surface area contributed by atoms with Crippen LogP contribution in [0.25, 0.3) is 0 Å². The quantitative estimate of drug-likeness (QED) is 0.595. The standard InChI is InChI=1S/C22H23ClN2OS/c1-16-7-9-18(10-8-16)22(20-6-3-13-27-20)25-15-21(26)24-12-11-17-4-2-5-19(23)14-17/h2-10,13-14,22,25H,11-12,15H2,1H3,(H,24,26)/p+1/t22-/m0/s1. The molecule has 1 heterocycles. The largest absolute Gasteiger partial charge is 0.351 e. The number of carbonyl (C=O) groups is 1. The Morgan fingerprint density at radius 3 is 2.67 bits per heavy atom. The second kappa shape index (κ2) is 9.70. The van der Waals surface area contributed by atoms with Crippen molar-refractivity contribution in [3.63, 3.8) is 0 Å². The fourth-order valence-electron chi connectivity index (χ4n) is 2.99. The minimum absolute atomic E-state index is 0.0469. The van der Waals surface area contributed by atoms with Gasteiger partial charge in [-0.3, -0.25) is 4.79 Å². The summed E-state index contributed by atoms with van der Waals surface area (Å²) in [4.78, 5) is 13.5. The zero-order chi connectivity index (χ0) is 19.1. The first-order chi connectivity index (χ1) is 13.1. The third-order valence-corrected chi connectivity index (χ3v) is 5.64. The van der Waals surface area contributed by atoms with Gasteiger partial charge in [0.25, 0.3) is 5.91 Å². The van der Waals surface area contributed by atoms with Crippen molar-refractivity contribution in [1.29, 1.82) is 0 Å². The number of carbonyl (C=O) groups excluding carboxylic acids is 1. The number of nitrogens with one attached hydrogen (secondary N) is 1. The predicted octanol–water partition coefficient (Wildman–Crippen LogP) is 3.72. The Labute approximate surface area is 169 Å². The van der Waals surface area contributed by atoms with Crippen molar-refractivity contribution in [2.75, 3.05) is 13.1 Å². The number of hydrogen-bond donors (Lipinski definition) is 2. The van der Waals surface area contributed by atoms with Gasteiger partial charge >= 0.3 is 0 Å². The monoisotopic (exact) mass is 399 g/mol. The van der Waals surface area contributed by atoms with Crippen LogP contribution in [0.5, 0.6) is 0 Å². The predicted molar refractivity (Wildman–Crippen MR) is 112 cm³/mol. The summed E-state index contributed by atoms with van der Waals surface area (Å²) in [5, 5.41) is 7.91. The topological polar surface area (TPSA) is 45.7 Å². The van der Waals surface area contributed by atoms with Gasteiger partial charge < -0.3 is 10.6 Å². The molecule has 0 bridgehead atoms. The molecule has 5 heteroatoms. The maximum Gasteiger partial charge on any atom is 0.275 e. The van der Waals surface area contributed by atoms with Crippen molar-refractivity contribution in [3.8, 4) is 0 Å². The number of benzene rings is 2. The molecule has 0 fully saturated rings. The molecule has 0 aliphatic carbocycles. The first-order valence-corrected chi connectivity index (χ1v) is 10.3. The Bertz CT molecular complexity index is 862. The van der Waals surface area contributed by atoms with Crippen LogP contribution in [0.15, 0.2) is 66.0 Å². The number of aryl methyl sites for hydroxylation is 1. The van der Waals surface area contributed by atoms with Gasteiger partial charge in [-0.05, 0) is 42.5 Å². The van der Waals surface area contributed by atoms with Crippen LogP contribution in [0, 0.1) is 6.92 Å². The molecule has 1 atom stereocenters. The zero-order valence-corrected chi connectivity index (χ0v) is 16.9. The first-order valence-electron chi connectivity index (χ1n) is 9.06. The van der Waals surface area contributed by atoms with Gasteiger partial charge in [-0.15, -0.1) is 11.3 Å². The Balaban J connectivity index is 1.53. The Kier molecular flexibility index (Phi) is 7.04. The van der Waals surface area contributed by atoms with Crippen LogP contribution >= 0.6 is 22.9 Å². The average Bonchev–Trinajstić information content (AvgIpc) is 3.18. The lowest BCUT2D eigenvalue weighted by Crippen LogP contribution is -2.87. The number of nitrogens with two attached hydrogens (primary N) is 1. The van der Waals surface area contributed by atoms with E-state index < -0.39 is 0 Å². The normalized spacial score (nSPS) is 11.9. The lowest BCUT2D eigenvalue weighted by atomic mass is 10.0. The van der Waals surface area contributed by atoms with Crippen molar-refractivity contribution in [1.82, 2.24) is 5.32 Å². The van der Waals surface area contributed by atoms with E-state index in [0.29, 0.717) is 13.1 Å². The Hall–Kier alpha value is -2.14. The second-order valence-corrected chi connectivity index (χ2v) is 7.99. The zero-order valence-electron chi connectivity index (χ0n) is 15.3. The molecule has 3 N–H and O–H groups in total. The lowest BCUT2D eigenvalue weighted by Gasteiger charge is -2.15. The molecule has 0 spiro atoms. The van der Waals surface area contributed by atoms with E-state index in [-0.39, 0.29) is 11.9 Å². The molecule has 3 rings (SSSR count). The molecule has 1 amide bonds. The molecule has 0 saturated heterocycles. The van der Waals surface area contributed by atoms with Crippen molar-refractivity contribution >= 4 is 28.8 Å². The molecular formula is C22H24ClN2OS+. The van der Waals surface area contributed by atoms with Crippen molar-refractivity contribution < 1.29 is 10.1 Å². The summed E-state index contributed by atoms with van der Waals surface area (Å²) in [6.07, 6.45) is 0.776. The number of amides is 1. The summed E-state index contributed by atoms with van der Waals surface area (Å²) in [5.74, 6) is 0.0469. The summed E-state index contributed by atoms with van der Waals surface area (Å²) in [6.45, 7) is 3.09. The molecule has 1 aromatic heterocycles. The van der Waals surface area contributed by atoms with Gasteiger partial charge in [0.1, 0.15) is 6.04 Å². The van der Waals surface area contributed by atoms with E-state index in [1.807, 2.05) is 24.3 Å². The third kappa shape index (κ3) is 5.93. The molecule has 3 nitrogen and oxygen atoms in total. The molecular weight excluding hydrogens is 376 g/mol. The smallest absolute Gasteiger partial charge is 0.275 e. The van der Waals surface area contributed by atoms with E-state index in [1.165, 1.54) is 16.0 Å². The van der Waals surface area contributed by atoms with Crippen molar-refractivity contribution in [2.45, 2.75) is 19.4 Å². The highest BCUT2D eigenvalue weighted by Gasteiger charge is 2.19. The highest BCUT2D eigenvalue weighted by Crippen LogP contribution is 2.22. The van der Waals surface area contributed by atoms with E-state index in [0.717, 1.165) is 17.0 Å². The number of thiophene rings is 1. The molecule has 27 heavy (non-hydrogen) atoms. The summed E-state index contributed by atoms with van der Waals surface area (Å²) in [5.41, 5.74) is 3.58. The van der Waals surface area contributed by atoms with Gasteiger partial charge in [0, 0.05) is 17.1 Å². The summed E-state index contributed by atoms with van der Waals surface area (Å²) in [7, 11) is 0. The molecule has 2 aromatic carbocycles. The SMILES string of the molecule is Cc1ccc([C@H]([NH2+]CC(=O)NCCc2cccc(Cl)c2)c2cccs2)cc1. The van der Waals surface area contributed by atoms with Crippen LogP contribution < -0.4 is 10.6 Å². The van der Waals surface area contributed by atoms with Crippen LogP contribution in [-0.2, 0) is 11.2 Å². The second-order valence-electron chi connectivity index (χ2n) is 6.57. The summed E-state index contributed by atoms with van der Waals surface area (Å²) >= 11 is 7.72. The highest BCUT2D eigenvalue weighted by molar-refractivity contribution is 7.10. The number of halogens is 1. The van der Waals surface area contributed by atoms with Crippen molar-refractivity contribution in [2.24, 2.45) is 0 Å².